The van der Waals surface area contributed by atoms with Crippen molar-refractivity contribution in [3.63, 3.8) is 0 Å². The summed E-state index contributed by atoms with van der Waals surface area (Å²) in [5, 5.41) is 0. The lowest BCUT2D eigenvalue weighted by atomic mass is 9.93. The van der Waals surface area contributed by atoms with E-state index < -0.39 is 5.60 Å². The molecule has 1 aromatic carbocycles. The summed E-state index contributed by atoms with van der Waals surface area (Å²) in [6.45, 7) is 5.08. The van der Waals surface area contributed by atoms with Gasteiger partial charge in [-0.05, 0) is 38.9 Å². The summed E-state index contributed by atoms with van der Waals surface area (Å²) < 4.78 is 5.60. The van der Waals surface area contributed by atoms with Gasteiger partial charge in [0, 0.05) is 12.1 Å². The Kier molecular flexibility index (Phi) is 2.44. The fourth-order valence-corrected chi connectivity index (χ4v) is 2.92. The first kappa shape index (κ1) is 10.8. The Morgan fingerprint density at radius 2 is 2.00 bits per heavy atom. The van der Waals surface area contributed by atoms with E-state index in [1.165, 1.54) is 12.8 Å². The zero-order valence-electron chi connectivity index (χ0n) is 10.1. The molecule has 0 N–H and O–H groups in total. The van der Waals surface area contributed by atoms with Crippen molar-refractivity contribution < 1.29 is 9.53 Å². The molecule has 1 atom stereocenters. The Hall–Kier alpha value is -1.35. The summed E-state index contributed by atoms with van der Waals surface area (Å²) >= 11 is 0. The van der Waals surface area contributed by atoms with E-state index in [4.69, 9.17) is 4.74 Å². The number of hydrogen-bond acceptors (Lipinski definition) is 3. The van der Waals surface area contributed by atoms with Gasteiger partial charge in [0.2, 0.25) is 0 Å². The quantitative estimate of drug-likeness (QED) is 0.731. The molecule has 1 aromatic rings. The molecule has 2 heterocycles. The molecule has 1 fully saturated rings. The second-order valence-electron chi connectivity index (χ2n) is 5.15. The van der Waals surface area contributed by atoms with Gasteiger partial charge in [-0.3, -0.25) is 4.90 Å². The summed E-state index contributed by atoms with van der Waals surface area (Å²) in [6, 6.07) is 7.73. The summed E-state index contributed by atoms with van der Waals surface area (Å²) in [5.74, 6) is -0.178. The second kappa shape index (κ2) is 3.84. The van der Waals surface area contributed by atoms with Crippen LogP contribution in [0.5, 0.6) is 0 Å². The van der Waals surface area contributed by atoms with Crippen LogP contribution < -0.4 is 0 Å². The van der Waals surface area contributed by atoms with Crippen LogP contribution in [0.15, 0.2) is 24.3 Å². The summed E-state index contributed by atoms with van der Waals surface area (Å²) in [5.41, 5.74) is 1.31. The first-order valence-corrected chi connectivity index (χ1v) is 6.24. The average Bonchev–Trinajstić information content (AvgIpc) is 2.89. The maximum absolute atomic E-state index is 11.8. The van der Waals surface area contributed by atoms with Crippen molar-refractivity contribution >= 4 is 5.97 Å². The van der Waals surface area contributed by atoms with E-state index in [2.05, 4.69) is 4.90 Å². The van der Waals surface area contributed by atoms with Crippen molar-refractivity contribution in [3.8, 4) is 0 Å². The largest absolute Gasteiger partial charge is 0.449 e. The smallest absolute Gasteiger partial charge is 0.339 e. The van der Waals surface area contributed by atoms with Crippen molar-refractivity contribution in [1.82, 2.24) is 4.90 Å². The molecule has 17 heavy (non-hydrogen) atoms. The molecule has 0 radical (unpaired) electrons. The number of rotatable bonds is 2. The van der Waals surface area contributed by atoms with Crippen molar-refractivity contribution in [1.29, 1.82) is 0 Å². The van der Waals surface area contributed by atoms with Gasteiger partial charge in [-0.25, -0.2) is 4.79 Å². The predicted octanol–water partition coefficient (Wildman–Crippen LogP) is 2.17. The monoisotopic (exact) mass is 231 g/mol. The molecule has 3 rings (SSSR count). The lowest BCUT2D eigenvalue weighted by Crippen LogP contribution is -2.37. The van der Waals surface area contributed by atoms with Crippen molar-refractivity contribution in [3.05, 3.63) is 35.4 Å². The first-order valence-electron chi connectivity index (χ1n) is 6.24. The van der Waals surface area contributed by atoms with E-state index in [0.717, 1.165) is 30.8 Å². The first-order chi connectivity index (χ1) is 8.19. The molecule has 2 aliphatic heterocycles. The van der Waals surface area contributed by atoms with Crippen LogP contribution in [0.4, 0.5) is 0 Å². The van der Waals surface area contributed by atoms with Crippen LogP contribution in [0.2, 0.25) is 0 Å². The second-order valence-corrected chi connectivity index (χ2v) is 5.15. The zero-order chi connectivity index (χ0) is 11.9. The highest BCUT2D eigenvalue weighted by molar-refractivity contribution is 5.94. The number of carbonyl (C=O) groups is 1. The lowest BCUT2D eigenvalue weighted by Gasteiger charge is -2.29. The number of fused-ring (bicyclic) bond motifs is 1. The van der Waals surface area contributed by atoms with Gasteiger partial charge in [0.15, 0.2) is 0 Å². The highest BCUT2D eigenvalue weighted by Crippen LogP contribution is 2.37. The fourth-order valence-electron chi connectivity index (χ4n) is 2.92. The Bertz CT molecular complexity index is 451. The van der Waals surface area contributed by atoms with E-state index in [1.807, 2.05) is 31.2 Å². The van der Waals surface area contributed by atoms with E-state index in [9.17, 15) is 4.79 Å². The Balaban J connectivity index is 1.90. The van der Waals surface area contributed by atoms with Gasteiger partial charge < -0.3 is 4.74 Å². The molecule has 90 valence electrons. The van der Waals surface area contributed by atoms with Crippen molar-refractivity contribution in [2.75, 3.05) is 19.6 Å². The minimum absolute atomic E-state index is 0.178. The molecule has 1 saturated heterocycles. The summed E-state index contributed by atoms with van der Waals surface area (Å²) in [7, 11) is 0. The highest BCUT2D eigenvalue weighted by Gasteiger charge is 2.42. The Morgan fingerprint density at radius 3 is 2.76 bits per heavy atom. The van der Waals surface area contributed by atoms with Crippen LogP contribution in [-0.2, 0) is 10.3 Å². The molecule has 0 unspecified atom stereocenters. The number of cyclic esters (lactones) is 1. The highest BCUT2D eigenvalue weighted by atomic mass is 16.6. The molecule has 0 bridgehead atoms. The molecule has 0 saturated carbocycles. The van der Waals surface area contributed by atoms with E-state index in [0.29, 0.717) is 0 Å². The lowest BCUT2D eigenvalue weighted by molar-refractivity contribution is -0.0133. The van der Waals surface area contributed by atoms with E-state index >= 15 is 0 Å². The van der Waals surface area contributed by atoms with Crippen molar-refractivity contribution in [2.45, 2.75) is 25.4 Å². The number of benzene rings is 1. The molecule has 0 aromatic heterocycles. The number of esters is 1. The van der Waals surface area contributed by atoms with Crippen LogP contribution in [0.25, 0.3) is 0 Å². The molecular weight excluding hydrogens is 214 g/mol. The van der Waals surface area contributed by atoms with Crippen LogP contribution in [0, 0.1) is 0 Å². The third-order valence-electron chi connectivity index (χ3n) is 3.76. The van der Waals surface area contributed by atoms with Crippen LogP contribution in [0.1, 0.15) is 35.7 Å². The minimum atomic E-state index is -0.460. The maximum Gasteiger partial charge on any atom is 0.339 e. The molecule has 0 aliphatic carbocycles. The van der Waals surface area contributed by atoms with Gasteiger partial charge in [0.25, 0.3) is 0 Å². The number of nitrogens with zero attached hydrogens (tertiary/aromatic N) is 1. The van der Waals surface area contributed by atoms with Gasteiger partial charge in [-0.15, -0.1) is 0 Å². The molecular formula is C14H17NO2. The average molecular weight is 231 g/mol. The number of hydrogen-bond donors (Lipinski definition) is 0. The Labute approximate surface area is 101 Å². The molecule has 0 amide bonds. The third kappa shape index (κ3) is 1.75. The Morgan fingerprint density at radius 1 is 1.29 bits per heavy atom. The number of likely N-dealkylation sites (tertiary alicyclic amines) is 1. The standard InChI is InChI=1S/C14H17NO2/c1-14(10-15-8-4-5-9-15)12-7-3-2-6-11(12)13(16)17-14/h2-3,6-7H,4-5,8-10H2,1H3/t14-/m1/s1. The van der Waals surface area contributed by atoms with E-state index in [1.54, 1.807) is 0 Å². The maximum atomic E-state index is 11.8. The molecule has 3 nitrogen and oxygen atoms in total. The fraction of sp³-hybridized carbons (Fsp3) is 0.500. The zero-order valence-corrected chi connectivity index (χ0v) is 10.1. The SMILES string of the molecule is C[C@]1(CN2CCCC2)OC(=O)c2ccccc21. The van der Waals surface area contributed by atoms with Crippen molar-refractivity contribution in [2.24, 2.45) is 0 Å². The van der Waals surface area contributed by atoms with Crippen LogP contribution in [-0.4, -0.2) is 30.5 Å². The van der Waals surface area contributed by atoms with Gasteiger partial charge in [0.1, 0.15) is 5.60 Å². The van der Waals surface area contributed by atoms with E-state index in [-0.39, 0.29) is 5.97 Å². The third-order valence-corrected chi connectivity index (χ3v) is 3.76. The van der Waals surface area contributed by atoms with Gasteiger partial charge in [-0.2, -0.15) is 0 Å². The molecule has 0 spiro atoms. The van der Waals surface area contributed by atoms with Gasteiger partial charge >= 0.3 is 5.97 Å². The molecule has 3 heteroatoms. The number of carbonyl (C=O) groups excluding carboxylic acids is 1. The summed E-state index contributed by atoms with van der Waals surface area (Å²) in [4.78, 5) is 14.2. The summed E-state index contributed by atoms with van der Waals surface area (Å²) in [6.07, 6.45) is 2.51. The van der Waals surface area contributed by atoms with Crippen LogP contribution in [0.3, 0.4) is 0 Å². The normalized spacial score (nSPS) is 28.2. The minimum Gasteiger partial charge on any atom is -0.449 e. The number of ether oxygens (including phenoxy) is 1. The molecule has 2 aliphatic rings. The predicted molar refractivity (Wildman–Crippen MR) is 64.9 cm³/mol. The van der Waals surface area contributed by atoms with Gasteiger partial charge in [0.05, 0.1) is 5.56 Å². The van der Waals surface area contributed by atoms with Gasteiger partial charge in [-0.1, -0.05) is 18.2 Å². The topological polar surface area (TPSA) is 29.5 Å². The van der Waals surface area contributed by atoms with Crippen LogP contribution >= 0.6 is 0 Å².